The molecule has 9 nitrogen and oxygen atoms in total. The van der Waals surface area contributed by atoms with Crippen LogP contribution in [0.15, 0.2) is 42.5 Å². The van der Waals surface area contributed by atoms with Crippen LogP contribution in [-0.4, -0.2) is 48.4 Å². The van der Waals surface area contributed by atoms with Crippen molar-refractivity contribution in [3.63, 3.8) is 0 Å². The van der Waals surface area contributed by atoms with Crippen LogP contribution in [0, 0.1) is 15.9 Å². The molecule has 0 radical (unpaired) electrons. The first-order valence-corrected chi connectivity index (χ1v) is 8.97. The molecule has 1 atom stereocenters. The lowest BCUT2D eigenvalue weighted by molar-refractivity contribution is -0.385. The van der Waals surface area contributed by atoms with Crippen molar-refractivity contribution >= 4 is 17.5 Å². The zero-order valence-corrected chi connectivity index (χ0v) is 16.8. The van der Waals surface area contributed by atoms with Crippen molar-refractivity contribution in [2.45, 2.75) is 19.5 Å². The largest absolute Gasteiger partial charge is 0.490 e. The second-order valence-electron chi connectivity index (χ2n) is 6.32. The number of carbonyl (C=O) groups excluding carboxylic acids is 2. The third-order valence-corrected chi connectivity index (χ3v) is 4.39. The molecule has 2 aromatic carbocycles. The Hall–Kier alpha value is -3.69. The zero-order chi connectivity index (χ0) is 22.3. The quantitative estimate of drug-likeness (QED) is 0.493. The second-order valence-corrected chi connectivity index (χ2v) is 6.32. The maximum absolute atomic E-state index is 13.2. The van der Waals surface area contributed by atoms with Crippen molar-refractivity contribution in [1.29, 1.82) is 0 Å². The molecule has 0 unspecified atom stereocenters. The molecular formula is C20H22FN3O6. The number of rotatable bonds is 9. The van der Waals surface area contributed by atoms with Gasteiger partial charge in [-0.3, -0.25) is 19.7 Å². The van der Waals surface area contributed by atoms with Gasteiger partial charge in [0.05, 0.1) is 12.0 Å². The fourth-order valence-corrected chi connectivity index (χ4v) is 2.70. The molecule has 0 spiro atoms. The van der Waals surface area contributed by atoms with Crippen LogP contribution in [0.4, 0.5) is 10.1 Å². The molecule has 2 aromatic rings. The summed E-state index contributed by atoms with van der Waals surface area (Å²) < 4.78 is 23.6. The molecule has 10 heteroatoms. The van der Waals surface area contributed by atoms with Crippen molar-refractivity contribution in [2.75, 3.05) is 20.8 Å². The summed E-state index contributed by atoms with van der Waals surface area (Å²) in [4.78, 5) is 36.5. The highest BCUT2D eigenvalue weighted by atomic mass is 19.1. The number of nitro groups is 1. The molecule has 2 rings (SSSR count). The van der Waals surface area contributed by atoms with Crippen molar-refractivity contribution < 1.29 is 28.4 Å². The van der Waals surface area contributed by atoms with Crippen LogP contribution in [0.5, 0.6) is 11.5 Å². The van der Waals surface area contributed by atoms with Crippen LogP contribution in [0.3, 0.4) is 0 Å². The summed E-state index contributed by atoms with van der Waals surface area (Å²) in [5.74, 6) is -1.09. The molecular weight excluding hydrogens is 397 g/mol. The van der Waals surface area contributed by atoms with Crippen molar-refractivity contribution in [3.8, 4) is 11.5 Å². The van der Waals surface area contributed by atoms with E-state index in [1.807, 2.05) is 0 Å². The lowest BCUT2D eigenvalue weighted by Gasteiger charge is -2.28. The van der Waals surface area contributed by atoms with E-state index >= 15 is 0 Å². The highest BCUT2D eigenvalue weighted by Gasteiger charge is 2.26. The second kappa shape index (κ2) is 10.2. The van der Waals surface area contributed by atoms with E-state index < -0.39 is 29.3 Å². The van der Waals surface area contributed by atoms with Crippen LogP contribution in [0.25, 0.3) is 0 Å². The molecule has 1 N–H and O–H groups in total. The Balaban J connectivity index is 2.16. The molecule has 0 aliphatic rings. The number of benzene rings is 2. The molecule has 0 bridgehead atoms. The van der Waals surface area contributed by atoms with Gasteiger partial charge in [0.2, 0.25) is 11.7 Å². The minimum absolute atomic E-state index is 0.00755. The summed E-state index contributed by atoms with van der Waals surface area (Å²) >= 11 is 0. The van der Waals surface area contributed by atoms with Gasteiger partial charge in [0.1, 0.15) is 17.6 Å². The number of methoxy groups -OCH3 is 1. The SMILES string of the molecule is CNC(=O)[C@H](C)N(Cc1ccc(F)cc1)C(=O)COc1ccc([N+](=O)[O-])c(OC)c1. The first-order valence-electron chi connectivity index (χ1n) is 8.97. The monoisotopic (exact) mass is 419 g/mol. The minimum atomic E-state index is -0.803. The molecule has 0 aromatic heterocycles. The van der Waals surface area contributed by atoms with E-state index in [2.05, 4.69) is 5.32 Å². The lowest BCUT2D eigenvalue weighted by Crippen LogP contribution is -2.48. The maximum atomic E-state index is 13.2. The Labute approximate surface area is 172 Å². The lowest BCUT2D eigenvalue weighted by atomic mass is 10.1. The predicted molar refractivity (Wildman–Crippen MR) is 106 cm³/mol. The van der Waals surface area contributed by atoms with Crippen LogP contribution in [0.2, 0.25) is 0 Å². The fraction of sp³-hybridized carbons (Fsp3) is 0.300. The number of nitrogens with one attached hydrogen (secondary N) is 1. The van der Waals surface area contributed by atoms with E-state index in [1.54, 1.807) is 6.92 Å². The number of carbonyl (C=O) groups is 2. The van der Waals surface area contributed by atoms with Crippen LogP contribution in [-0.2, 0) is 16.1 Å². The van der Waals surface area contributed by atoms with Crippen molar-refractivity contribution in [2.24, 2.45) is 0 Å². The van der Waals surface area contributed by atoms with Gasteiger partial charge in [-0.2, -0.15) is 0 Å². The predicted octanol–water partition coefficient (Wildman–Crippen LogP) is 2.28. The molecule has 0 aliphatic carbocycles. The Morgan fingerprint density at radius 2 is 1.90 bits per heavy atom. The standard InChI is InChI=1S/C20H22FN3O6/c1-13(20(26)22-2)23(11-14-4-6-15(21)7-5-14)19(25)12-30-16-8-9-17(24(27)28)18(10-16)29-3/h4-10,13H,11-12H2,1-3H3,(H,22,26)/t13-/m0/s1. The number of halogens is 1. The van der Waals surface area contributed by atoms with Crippen molar-refractivity contribution in [3.05, 3.63) is 64.0 Å². The first-order chi connectivity index (χ1) is 14.3. The molecule has 30 heavy (non-hydrogen) atoms. The third kappa shape index (κ3) is 5.66. The molecule has 0 saturated heterocycles. The summed E-state index contributed by atoms with van der Waals surface area (Å²) in [6, 6.07) is 8.63. The Morgan fingerprint density at radius 1 is 1.23 bits per heavy atom. The van der Waals surface area contributed by atoms with Crippen molar-refractivity contribution in [1.82, 2.24) is 10.2 Å². The zero-order valence-electron chi connectivity index (χ0n) is 16.8. The van der Waals surface area contributed by atoms with Crippen LogP contribution < -0.4 is 14.8 Å². The van der Waals surface area contributed by atoms with E-state index in [0.29, 0.717) is 5.56 Å². The van der Waals surface area contributed by atoms with Gasteiger partial charge in [-0.15, -0.1) is 0 Å². The van der Waals surface area contributed by atoms with E-state index in [4.69, 9.17) is 9.47 Å². The van der Waals surface area contributed by atoms with Gasteiger partial charge >= 0.3 is 5.69 Å². The van der Waals surface area contributed by atoms with Gasteiger partial charge in [-0.05, 0) is 30.7 Å². The summed E-state index contributed by atoms with van der Waals surface area (Å²) in [5.41, 5.74) is 0.403. The van der Waals surface area contributed by atoms with Crippen LogP contribution in [0.1, 0.15) is 12.5 Å². The number of likely N-dealkylation sites (N-methyl/N-ethyl adjacent to an activating group) is 1. The molecule has 0 aliphatic heterocycles. The van der Waals surface area contributed by atoms with Gasteiger partial charge in [-0.25, -0.2) is 4.39 Å². The van der Waals surface area contributed by atoms with E-state index in [1.165, 1.54) is 61.5 Å². The molecule has 0 fully saturated rings. The average Bonchev–Trinajstić information content (AvgIpc) is 2.75. The van der Waals surface area contributed by atoms with Gasteiger partial charge in [0, 0.05) is 25.7 Å². The molecule has 0 heterocycles. The fourth-order valence-electron chi connectivity index (χ4n) is 2.70. The summed E-state index contributed by atoms with van der Waals surface area (Å²) in [6.07, 6.45) is 0. The number of hydrogen-bond donors (Lipinski definition) is 1. The number of hydrogen-bond acceptors (Lipinski definition) is 6. The Bertz CT molecular complexity index is 919. The van der Waals surface area contributed by atoms with E-state index in [0.717, 1.165) is 0 Å². The highest BCUT2D eigenvalue weighted by Crippen LogP contribution is 2.30. The molecule has 160 valence electrons. The maximum Gasteiger partial charge on any atom is 0.311 e. The van der Waals surface area contributed by atoms with E-state index in [9.17, 15) is 24.1 Å². The molecule has 2 amide bonds. The highest BCUT2D eigenvalue weighted by molar-refractivity contribution is 5.87. The van der Waals surface area contributed by atoms with Gasteiger partial charge in [0.25, 0.3) is 5.91 Å². The molecule has 0 saturated carbocycles. The van der Waals surface area contributed by atoms with Crippen LogP contribution >= 0.6 is 0 Å². The Kier molecular flexibility index (Phi) is 7.68. The summed E-state index contributed by atoms with van der Waals surface area (Å²) in [6.45, 7) is 1.22. The smallest absolute Gasteiger partial charge is 0.311 e. The topological polar surface area (TPSA) is 111 Å². The third-order valence-electron chi connectivity index (χ3n) is 4.39. The normalized spacial score (nSPS) is 11.3. The van der Waals surface area contributed by atoms with E-state index in [-0.39, 0.29) is 29.6 Å². The van der Waals surface area contributed by atoms with Gasteiger partial charge in [0.15, 0.2) is 6.61 Å². The Morgan fingerprint density at radius 3 is 2.47 bits per heavy atom. The number of nitrogens with zero attached hydrogens (tertiary/aromatic N) is 2. The first kappa shape index (κ1) is 22.6. The average molecular weight is 419 g/mol. The van der Waals surface area contributed by atoms with Gasteiger partial charge in [-0.1, -0.05) is 12.1 Å². The number of ether oxygens (including phenoxy) is 2. The van der Waals surface area contributed by atoms with Gasteiger partial charge < -0.3 is 19.7 Å². The number of amides is 2. The summed E-state index contributed by atoms with van der Waals surface area (Å²) in [5, 5.41) is 13.5. The summed E-state index contributed by atoms with van der Waals surface area (Å²) in [7, 11) is 2.74. The minimum Gasteiger partial charge on any atom is -0.490 e. The number of nitro benzene ring substituents is 1.